The van der Waals surface area contributed by atoms with Gasteiger partial charge in [-0.3, -0.25) is 0 Å². The van der Waals surface area contributed by atoms with Gasteiger partial charge in [0.25, 0.3) is 0 Å². The highest BCUT2D eigenvalue weighted by Gasteiger charge is 2.08. The van der Waals surface area contributed by atoms with Crippen LogP contribution >= 0.6 is 22.9 Å². The second kappa shape index (κ2) is 4.95. The van der Waals surface area contributed by atoms with Gasteiger partial charge in [0.15, 0.2) is 0 Å². The lowest BCUT2D eigenvalue weighted by Gasteiger charge is -2.01. The molecule has 2 aromatic heterocycles. The summed E-state index contributed by atoms with van der Waals surface area (Å²) in [6.45, 7) is 5.30. The summed E-state index contributed by atoms with van der Waals surface area (Å²) in [5.74, 6) is 0.863. The molecule has 2 aromatic rings. The van der Waals surface area contributed by atoms with E-state index in [4.69, 9.17) is 16.1 Å². The maximum atomic E-state index is 5.79. The van der Waals surface area contributed by atoms with Gasteiger partial charge in [0, 0.05) is 18.7 Å². The number of thiazole rings is 1. The van der Waals surface area contributed by atoms with E-state index >= 15 is 0 Å². The highest BCUT2D eigenvalue weighted by molar-refractivity contribution is 7.15. The zero-order chi connectivity index (χ0) is 11.5. The third kappa shape index (κ3) is 2.61. The Morgan fingerprint density at radius 1 is 1.44 bits per heavy atom. The second-order valence-electron chi connectivity index (χ2n) is 3.46. The highest BCUT2D eigenvalue weighted by atomic mass is 35.5. The van der Waals surface area contributed by atoms with E-state index in [1.807, 2.05) is 13.8 Å². The van der Waals surface area contributed by atoms with E-state index in [0.29, 0.717) is 10.9 Å². The third-order valence-corrected chi connectivity index (χ3v) is 3.40. The molecule has 0 unspecified atom stereocenters. The van der Waals surface area contributed by atoms with Gasteiger partial charge in [0.2, 0.25) is 0 Å². The van der Waals surface area contributed by atoms with Crippen molar-refractivity contribution in [2.24, 2.45) is 0 Å². The number of nitrogens with zero attached hydrogens (tertiary/aromatic N) is 2. The molecule has 2 rings (SSSR count). The molecular weight excluding hydrogens is 246 g/mol. The number of hydrogen-bond acceptors (Lipinski definition) is 5. The van der Waals surface area contributed by atoms with Gasteiger partial charge in [-0.25, -0.2) is 4.98 Å². The number of aromatic nitrogens is 2. The minimum atomic E-state index is 0.710. The molecular formula is C10H12ClN3OS. The molecule has 0 saturated carbocycles. The van der Waals surface area contributed by atoms with Crippen LogP contribution in [0.25, 0.3) is 0 Å². The lowest BCUT2D eigenvalue weighted by atomic mass is 10.2. The maximum Gasteiger partial charge on any atom is 0.138 e. The average Bonchev–Trinajstić information content (AvgIpc) is 2.78. The molecule has 4 nitrogen and oxygen atoms in total. The van der Waals surface area contributed by atoms with E-state index < -0.39 is 0 Å². The molecule has 0 bridgehead atoms. The van der Waals surface area contributed by atoms with Crippen molar-refractivity contribution in [3.63, 3.8) is 0 Å². The first-order chi connectivity index (χ1) is 7.66. The largest absolute Gasteiger partial charge is 0.361 e. The summed E-state index contributed by atoms with van der Waals surface area (Å²) in [5.41, 5.74) is 2.05. The van der Waals surface area contributed by atoms with Crippen LogP contribution < -0.4 is 5.32 Å². The lowest BCUT2D eigenvalue weighted by molar-refractivity contribution is 0.392. The lowest BCUT2D eigenvalue weighted by Crippen LogP contribution is -2.13. The van der Waals surface area contributed by atoms with E-state index in [2.05, 4.69) is 15.5 Å². The van der Waals surface area contributed by atoms with Crippen molar-refractivity contribution in [2.45, 2.75) is 26.9 Å². The molecule has 16 heavy (non-hydrogen) atoms. The number of aryl methyl sites for hydroxylation is 2. The zero-order valence-corrected chi connectivity index (χ0v) is 10.7. The molecule has 0 saturated heterocycles. The fourth-order valence-corrected chi connectivity index (χ4v) is 2.34. The summed E-state index contributed by atoms with van der Waals surface area (Å²) in [6, 6.07) is 0. The van der Waals surface area contributed by atoms with E-state index in [0.717, 1.165) is 28.6 Å². The molecule has 0 aliphatic carbocycles. The molecule has 0 amide bonds. The van der Waals surface area contributed by atoms with Crippen LogP contribution in [-0.2, 0) is 13.1 Å². The molecule has 0 atom stereocenters. The summed E-state index contributed by atoms with van der Waals surface area (Å²) in [6.07, 6.45) is 1.67. The van der Waals surface area contributed by atoms with Crippen molar-refractivity contribution in [3.8, 4) is 0 Å². The van der Waals surface area contributed by atoms with Crippen LogP contribution in [0.15, 0.2) is 10.7 Å². The van der Waals surface area contributed by atoms with Gasteiger partial charge in [0.1, 0.15) is 15.1 Å². The van der Waals surface area contributed by atoms with Gasteiger partial charge < -0.3 is 9.84 Å². The molecule has 86 valence electrons. The molecule has 0 fully saturated rings. The van der Waals surface area contributed by atoms with Crippen molar-refractivity contribution in [1.82, 2.24) is 15.5 Å². The van der Waals surface area contributed by atoms with Gasteiger partial charge in [-0.1, -0.05) is 16.8 Å². The predicted molar refractivity (Wildman–Crippen MR) is 63.6 cm³/mol. The Morgan fingerprint density at radius 2 is 2.25 bits per heavy atom. The monoisotopic (exact) mass is 257 g/mol. The average molecular weight is 258 g/mol. The van der Waals surface area contributed by atoms with Crippen LogP contribution in [0.2, 0.25) is 4.34 Å². The summed E-state index contributed by atoms with van der Waals surface area (Å²) in [5, 5.41) is 8.17. The Bertz CT molecular complexity index is 461. The Hall–Kier alpha value is -0.910. The smallest absolute Gasteiger partial charge is 0.138 e. The van der Waals surface area contributed by atoms with Gasteiger partial charge in [-0.05, 0) is 13.8 Å². The minimum Gasteiger partial charge on any atom is -0.361 e. The van der Waals surface area contributed by atoms with Gasteiger partial charge in [-0.15, -0.1) is 11.3 Å². The Kier molecular flexibility index (Phi) is 3.58. The Balaban J connectivity index is 1.89. The minimum absolute atomic E-state index is 0.710. The summed E-state index contributed by atoms with van der Waals surface area (Å²) in [4.78, 5) is 4.16. The predicted octanol–water partition coefficient (Wildman–Crippen LogP) is 2.69. The van der Waals surface area contributed by atoms with Gasteiger partial charge in [0.05, 0.1) is 11.9 Å². The summed E-state index contributed by atoms with van der Waals surface area (Å²) in [7, 11) is 0. The van der Waals surface area contributed by atoms with Crippen LogP contribution in [0.4, 0.5) is 0 Å². The molecule has 0 spiro atoms. The summed E-state index contributed by atoms with van der Waals surface area (Å²) < 4.78 is 5.79. The van der Waals surface area contributed by atoms with E-state index in [9.17, 15) is 0 Å². The summed E-state index contributed by atoms with van der Waals surface area (Å²) >= 11 is 7.28. The standard InChI is InChI=1S/C10H12ClN3OS/c1-6-8(7(2)15-14-6)3-12-5-10-13-4-9(11)16-10/h4,12H,3,5H2,1-2H3. The molecule has 0 aliphatic rings. The third-order valence-electron chi connectivity index (χ3n) is 2.28. The van der Waals surface area contributed by atoms with Crippen molar-refractivity contribution >= 4 is 22.9 Å². The topological polar surface area (TPSA) is 51.0 Å². The molecule has 6 heteroatoms. The van der Waals surface area contributed by atoms with Crippen molar-refractivity contribution in [1.29, 1.82) is 0 Å². The number of hydrogen-bond donors (Lipinski definition) is 1. The first-order valence-electron chi connectivity index (χ1n) is 4.89. The van der Waals surface area contributed by atoms with Crippen molar-refractivity contribution < 1.29 is 4.52 Å². The molecule has 0 aliphatic heterocycles. The zero-order valence-electron chi connectivity index (χ0n) is 9.08. The van der Waals surface area contributed by atoms with Crippen LogP contribution in [0.5, 0.6) is 0 Å². The first kappa shape index (κ1) is 11.6. The number of nitrogens with one attached hydrogen (secondary N) is 1. The normalized spacial score (nSPS) is 10.9. The van der Waals surface area contributed by atoms with Crippen LogP contribution in [0, 0.1) is 13.8 Å². The quantitative estimate of drug-likeness (QED) is 0.915. The maximum absolute atomic E-state index is 5.79. The highest BCUT2D eigenvalue weighted by Crippen LogP contribution is 2.18. The van der Waals surface area contributed by atoms with Crippen molar-refractivity contribution in [3.05, 3.63) is 32.6 Å². The molecule has 1 N–H and O–H groups in total. The van der Waals surface area contributed by atoms with E-state index in [-0.39, 0.29) is 0 Å². The van der Waals surface area contributed by atoms with Crippen LogP contribution in [0.1, 0.15) is 22.0 Å². The van der Waals surface area contributed by atoms with Crippen LogP contribution in [-0.4, -0.2) is 10.1 Å². The van der Waals surface area contributed by atoms with Gasteiger partial charge in [-0.2, -0.15) is 0 Å². The van der Waals surface area contributed by atoms with Crippen LogP contribution in [0.3, 0.4) is 0 Å². The number of halogens is 1. The molecule has 0 aromatic carbocycles. The molecule has 0 radical (unpaired) electrons. The second-order valence-corrected chi connectivity index (χ2v) is 5.21. The SMILES string of the molecule is Cc1noc(C)c1CNCc1ncc(Cl)s1. The Labute approximate surface area is 103 Å². The van der Waals surface area contributed by atoms with Crippen molar-refractivity contribution in [2.75, 3.05) is 0 Å². The van der Waals surface area contributed by atoms with Gasteiger partial charge >= 0.3 is 0 Å². The Morgan fingerprint density at radius 3 is 2.81 bits per heavy atom. The van der Waals surface area contributed by atoms with E-state index in [1.165, 1.54) is 11.3 Å². The molecule has 2 heterocycles. The first-order valence-corrected chi connectivity index (χ1v) is 6.09. The number of rotatable bonds is 4. The van der Waals surface area contributed by atoms with E-state index in [1.54, 1.807) is 6.20 Å². The fourth-order valence-electron chi connectivity index (χ4n) is 1.42. The fraction of sp³-hybridized carbons (Fsp3) is 0.400.